The lowest BCUT2D eigenvalue weighted by atomic mass is 10.5. The molecule has 0 amide bonds. The van der Waals surface area contributed by atoms with Crippen molar-refractivity contribution < 1.29 is 4.74 Å². The summed E-state index contributed by atoms with van der Waals surface area (Å²) < 4.78 is 4.85. The Kier molecular flexibility index (Phi) is 8.26. The maximum Gasteiger partial charge on any atom is 0.155 e. The van der Waals surface area contributed by atoms with Crippen LogP contribution in [0.15, 0.2) is 12.4 Å². The smallest absolute Gasteiger partial charge is 0.155 e. The zero-order chi connectivity index (χ0) is 7.40. The van der Waals surface area contributed by atoms with Crippen molar-refractivity contribution in [3.8, 4) is 5.75 Å². The van der Waals surface area contributed by atoms with E-state index >= 15 is 0 Å². The number of aromatic nitrogens is 2. The van der Waals surface area contributed by atoms with Crippen molar-refractivity contribution in [3.05, 3.63) is 18.2 Å². The minimum atomic E-state index is 0. The summed E-state index contributed by atoms with van der Waals surface area (Å²) in [5.41, 5.74) is 5.28. The minimum Gasteiger partial charge on any atom is -0.494 e. The van der Waals surface area contributed by atoms with Gasteiger partial charge in [0.05, 0.1) is 26.0 Å². The molecule has 0 saturated heterocycles. The average Bonchev–Trinajstić information content (AvgIpc) is 2.05. The van der Waals surface area contributed by atoms with Gasteiger partial charge in [-0.1, -0.05) is 0 Å². The van der Waals surface area contributed by atoms with Gasteiger partial charge in [-0.15, -0.1) is 24.8 Å². The lowest BCUT2D eigenvalue weighted by Crippen LogP contribution is -2.02. The molecule has 1 aromatic rings. The van der Waals surface area contributed by atoms with Gasteiger partial charge in [0, 0.05) is 0 Å². The summed E-state index contributed by atoms with van der Waals surface area (Å²) in [6.07, 6.45) is 3.18. The highest BCUT2D eigenvalue weighted by Crippen LogP contribution is 2.03. The van der Waals surface area contributed by atoms with Crippen molar-refractivity contribution in [1.82, 2.24) is 9.97 Å². The fourth-order valence-electron chi connectivity index (χ4n) is 0.554. The molecule has 4 nitrogen and oxygen atoms in total. The minimum absolute atomic E-state index is 0. The van der Waals surface area contributed by atoms with Gasteiger partial charge in [0.15, 0.2) is 5.75 Å². The standard InChI is InChI=1S/C6H9N3O.2ClH/c1-10-5-3-8-6(2-7)9-4-5;;/h3-4H,2,7H2,1H3;2*1H. The molecule has 2 N–H and O–H groups in total. The van der Waals surface area contributed by atoms with E-state index in [0.717, 1.165) is 0 Å². The summed E-state index contributed by atoms with van der Waals surface area (Å²) in [4.78, 5) is 7.81. The molecule has 6 heteroatoms. The molecule has 0 unspecified atom stereocenters. The molecule has 0 aliphatic carbocycles. The maximum absolute atomic E-state index is 5.28. The Morgan fingerprint density at radius 1 is 1.33 bits per heavy atom. The van der Waals surface area contributed by atoms with Gasteiger partial charge in [0.25, 0.3) is 0 Å². The third kappa shape index (κ3) is 3.71. The maximum atomic E-state index is 5.28. The molecule has 1 heterocycles. The molecule has 70 valence electrons. The van der Waals surface area contributed by atoms with Crippen molar-refractivity contribution in [2.75, 3.05) is 7.11 Å². The fourth-order valence-corrected chi connectivity index (χ4v) is 0.554. The van der Waals surface area contributed by atoms with Crippen molar-refractivity contribution in [2.24, 2.45) is 5.73 Å². The zero-order valence-corrected chi connectivity index (χ0v) is 8.19. The summed E-state index contributed by atoms with van der Waals surface area (Å²) in [6, 6.07) is 0. The zero-order valence-electron chi connectivity index (χ0n) is 6.56. The number of hydrogen-bond acceptors (Lipinski definition) is 4. The van der Waals surface area contributed by atoms with E-state index in [0.29, 0.717) is 18.1 Å². The van der Waals surface area contributed by atoms with E-state index in [1.165, 1.54) is 0 Å². The Morgan fingerprint density at radius 2 is 1.83 bits per heavy atom. The second kappa shape index (κ2) is 7.09. The number of nitrogens with two attached hydrogens (primary N) is 1. The molecule has 0 radical (unpaired) electrons. The summed E-state index contributed by atoms with van der Waals surface area (Å²) in [7, 11) is 1.57. The molecule has 0 aliphatic rings. The molecule has 0 bridgehead atoms. The number of nitrogens with zero attached hydrogens (tertiary/aromatic N) is 2. The first-order valence-corrected chi connectivity index (χ1v) is 2.92. The number of methoxy groups -OCH3 is 1. The highest BCUT2D eigenvalue weighted by Gasteiger charge is 1.92. The molecule has 0 aliphatic heterocycles. The van der Waals surface area contributed by atoms with Gasteiger partial charge < -0.3 is 10.5 Å². The van der Waals surface area contributed by atoms with E-state index < -0.39 is 0 Å². The molecule has 0 spiro atoms. The van der Waals surface area contributed by atoms with Crippen LogP contribution in [0, 0.1) is 0 Å². The molecule has 0 aromatic carbocycles. The van der Waals surface area contributed by atoms with Crippen LogP contribution >= 0.6 is 24.8 Å². The first-order valence-electron chi connectivity index (χ1n) is 2.92. The van der Waals surface area contributed by atoms with E-state index in [1.54, 1.807) is 19.5 Å². The van der Waals surface area contributed by atoms with Gasteiger partial charge in [-0.2, -0.15) is 0 Å². The predicted molar refractivity (Wildman–Crippen MR) is 51.0 cm³/mol. The van der Waals surface area contributed by atoms with Crippen LogP contribution in [-0.2, 0) is 6.54 Å². The first kappa shape index (κ1) is 14.0. The monoisotopic (exact) mass is 211 g/mol. The Morgan fingerprint density at radius 3 is 2.17 bits per heavy atom. The van der Waals surface area contributed by atoms with Crippen LogP contribution in [0.2, 0.25) is 0 Å². The lowest BCUT2D eigenvalue weighted by molar-refractivity contribution is 0.410. The van der Waals surface area contributed by atoms with Crippen molar-refractivity contribution in [3.63, 3.8) is 0 Å². The van der Waals surface area contributed by atoms with E-state index in [9.17, 15) is 0 Å². The van der Waals surface area contributed by atoms with Crippen LogP contribution in [0.25, 0.3) is 0 Å². The average molecular weight is 212 g/mol. The highest BCUT2D eigenvalue weighted by atomic mass is 35.5. The number of hydrogen-bond donors (Lipinski definition) is 1. The molecule has 1 rings (SSSR count). The number of ether oxygens (including phenoxy) is 1. The number of halogens is 2. The predicted octanol–water partition coefficient (Wildman–Crippen LogP) is 0.787. The molecular formula is C6H11Cl2N3O. The quantitative estimate of drug-likeness (QED) is 0.787. The van der Waals surface area contributed by atoms with Crippen LogP contribution in [-0.4, -0.2) is 17.1 Å². The van der Waals surface area contributed by atoms with Gasteiger partial charge in [-0.05, 0) is 0 Å². The topological polar surface area (TPSA) is 61.0 Å². The van der Waals surface area contributed by atoms with Gasteiger partial charge in [-0.3, -0.25) is 0 Å². The van der Waals surface area contributed by atoms with Crippen LogP contribution in [0.4, 0.5) is 0 Å². The molecule has 0 saturated carbocycles. The van der Waals surface area contributed by atoms with E-state index in [4.69, 9.17) is 10.5 Å². The van der Waals surface area contributed by atoms with Crippen molar-refractivity contribution in [1.29, 1.82) is 0 Å². The second-order valence-corrected chi connectivity index (χ2v) is 1.74. The molecule has 0 fully saturated rings. The third-order valence-corrected chi connectivity index (χ3v) is 1.10. The van der Waals surface area contributed by atoms with Crippen molar-refractivity contribution in [2.45, 2.75) is 6.54 Å². The van der Waals surface area contributed by atoms with Gasteiger partial charge in [-0.25, -0.2) is 9.97 Å². The molecular weight excluding hydrogens is 201 g/mol. The summed E-state index contributed by atoms with van der Waals surface area (Å²) >= 11 is 0. The van der Waals surface area contributed by atoms with Crippen LogP contribution in [0.1, 0.15) is 5.82 Å². The Balaban J connectivity index is 0. The van der Waals surface area contributed by atoms with E-state index in [1.807, 2.05) is 0 Å². The summed E-state index contributed by atoms with van der Waals surface area (Å²) in [5.74, 6) is 1.28. The van der Waals surface area contributed by atoms with Gasteiger partial charge in [0.2, 0.25) is 0 Å². The molecule has 0 atom stereocenters. The summed E-state index contributed by atoms with van der Waals surface area (Å²) in [5, 5.41) is 0. The Bertz CT molecular complexity index is 181. The molecule has 1 aromatic heterocycles. The van der Waals surface area contributed by atoms with Crippen molar-refractivity contribution >= 4 is 24.8 Å². The summed E-state index contributed by atoms with van der Waals surface area (Å²) in [6.45, 7) is 0.365. The van der Waals surface area contributed by atoms with Crippen LogP contribution in [0.3, 0.4) is 0 Å². The third-order valence-electron chi connectivity index (χ3n) is 1.10. The van der Waals surface area contributed by atoms with Crippen LogP contribution in [0.5, 0.6) is 5.75 Å². The lowest BCUT2D eigenvalue weighted by Gasteiger charge is -1.97. The normalized spacial score (nSPS) is 7.83. The van der Waals surface area contributed by atoms with E-state index in [2.05, 4.69) is 9.97 Å². The van der Waals surface area contributed by atoms with Crippen LogP contribution < -0.4 is 10.5 Å². The number of rotatable bonds is 2. The Labute approximate surface area is 83.4 Å². The van der Waals surface area contributed by atoms with Gasteiger partial charge >= 0.3 is 0 Å². The Hall–Kier alpha value is -0.580. The SMILES string of the molecule is COc1cnc(CN)nc1.Cl.Cl. The first-order chi connectivity index (χ1) is 4.86. The molecule has 12 heavy (non-hydrogen) atoms. The largest absolute Gasteiger partial charge is 0.494 e. The fraction of sp³-hybridized carbons (Fsp3) is 0.333. The highest BCUT2D eigenvalue weighted by molar-refractivity contribution is 5.85. The second-order valence-electron chi connectivity index (χ2n) is 1.74. The van der Waals surface area contributed by atoms with E-state index in [-0.39, 0.29) is 24.8 Å². The van der Waals surface area contributed by atoms with Gasteiger partial charge in [0.1, 0.15) is 5.82 Å².